The van der Waals surface area contributed by atoms with Crippen LogP contribution in [0.2, 0.25) is 0 Å². The number of anilines is 1. The minimum atomic E-state index is -0.297. The van der Waals surface area contributed by atoms with E-state index in [0.717, 1.165) is 11.3 Å². The number of amides is 1. The zero-order valence-electron chi connectivity index (χ0n) is 13.2. The average Bonchev–Trinajstić information content (AvgIpc) is 2.85. The summed E-state index contributed by atoms with van der Waals surface area (Å²) in [5, 5.41) is 12.6. The highest BCUT2D eigenvalue weighted by atomic mass is 32.1. The van der Waals surface area contributed by atoms with E-state index in [9.17, 15) is 9.18 Å². The van der Waals surface area contributed by atoms with E-state index in [-0.39, 0.29) is 22.3 Å². The minimum Gasteiger partial charge on any atom is -0.316 e. The van der Waals surface area contributed by atoms with Crippen LogP contribution >= 0.6 is 12.2 Å². The number of carbonyl (C=O) groups excluding carboxylic acids is 1. The van der Waals surface area contributed by atoms with Gasteiger partial charge in [-0.15, -0.1) is 0 Å². The first kappa shape index (κ1) is 17.1. The van der Waals surface area contributed by atoms with E-state index in [0.29, 0.717) is 12.2 Å². The SMILES string of the molecule is CC(C)(C)CC(=O)NC(=S)Nc1cc(-c2ccc(F)cc2)[nH]n1. The Hall–Kier alpha value is -2.28. The van der Waals surface area contributed by atoms with Crippen molar-refractivity contribution in [3.05, 3.63) is 36.1 Å². The number of H-pyrrole nitrogens is 1. The van der Waals surface area contributed by atoms with Crippen molar-refractivity contribution in [2.45, 2.75) is 27.2 Å². The van der Waals surface area contributed by atoms with Crippen molar-refractivity contribution in [1.29, 1.82) is 0 Å². The number of thiocarbonyl (C=S) groups is 1. The molecule has 0 aliphatic rings. The molecule has 7 heteroatoms. The Bertz CT molecular complexity index is 704. The zero-order valence-corrected chi connectivity index (χ0v) is 14.1. The number of benzene rings is 1. The molecule has 1 amide bonds. The number of hydrogen-bond acceptors (Lipinski definition) is 3. The van der Waals surface area contributed by atoms with Crippen LogP contribution in [0.3, 0.4) is 0 Å². The summed E-state index contributed by atoms with van der Waals surface area (Å²) in [5.74, 6) is 0.0315. The van der Waals surface area contributed by atoms with Gasteiger partial charge in [-0.3, -0.25) is 9.89 Å². The van der Waals surface area contributed by atoms with Gasteiger partial charge in [0.2, 0.25) is 5.91 Å². The third-order valence-electron chi connectivity index (χ3n) is 2.92. The van der Waals surface area contributed by atoms with Crippen molar-refractivity contribution < 1.29 is 9.18 Å². The summed E-state index contributed by atoms with van der Waals surface area (Å²) in [6.07, 6.45) is 0.371. The lowest BCUT2D eigenvalue weighted by molar-refractivity contribution is -0.121. The van der Waals surface area contributed by atoms with Gasteiger partial charge in [0.05, 0.1) is 5.69 Å². The van der Waals surface area contributed by atoms with E-state index in [1.54, 1.807) is 18.2 Å². The van der Waals surface area contributed by atoms with Gasteiger partial charge in [-0.25, -0.2) is 4.39 Å². The van der Waals surface area contributed by atoms with Gasteiger partial charge in [-0.05, 0) is 47.5 Å². The van der Waals surface area contributed by atoms with Crippen molar-refractivity contribution in [2.75, 3.05) is 5.32 Å². The summed E-state index contributed by atoms with van der Waals surface area (Å²) < 4.78 is 12.9. The van der Waals surface area contributed by atoms with Crippen LogP contribution in [0.25, 0.3) is 11.3 Å². The molecule has 0 atom stereocenters. The monoisotopic (exact) mass is 334 g/mol. The molecule has 1 aromatic heterocycles. The lowest BCUT2D eigenvalue weighted by Gasteiger charge is -2.17. The minimum absolute atomic E-state index is 0.109. The van der Waals surface area contributed by atoms with E-state index >= 15 is 0 Å². The number of nitrogens with zero attached hydrogens (tertiary/aromatic N) is 1. The largest absolute Gasteiger partial charge is 0.316 e. The fourth-order valence-corrected chi connectivity index (χ4v) is 2.18. The van der Waals surface area contributed by atoms with Crippen LogP contribution in [0.15, 0.2) is 30.3 Å². The van der Waals surface area contributed by atoms with E-state index in [2.05, 4.69) is 20.8 Å². The van der Waals surface area contributed by atoms with Crippen LogP contribution in [0.1, 0.15) is 27.2 Å². The van der Waals surface area contributed by atoms with Gasteiger partial charge < -0.3 is 10.6 Å². The molecular weight excluding hydrogens is 315 g/mol. The second-order valence-corrected chi connectivity index (χ2v) is 6.82. The number of halogens is 1. The maximum absolute atomic E-state index is 12.9. The highest BCUT2D eigenvalue weighted by molar-refractivity contribution is 7.80. The smallest absolute Gasteiger partial charge is 0.226 e. The zero-order chi connectivity index (χ0) is 17.0. The molecule has 1 heterocycles. The molecule has 0 aliphatic carbocycles. The summed E-state index contributed by atoms with van der Waals surface area (Å²) >= 11 is 5.10. The summed E-state index contributed by atoms with van der Waals surface area (Å²) in [5.41, 5.74) is 1.41. The number of aromatic nitrogens is 2. The Kier molecular flexibility index (Phi) is 5.10. The van der Waals surface area contributed by atoms with Gasteiger partial charge in [-0.2, -0.15) is 5.10 Å². The third kappa shape index (κ3) is 5.45. The second-order valence-electron chi connectivity index (χ2n) is 6.41. The van der Waals surface area contributed by atoms with Crippen LogP contribution in [-0.2, 0) is 4.79 Å². The number of hydrogen-bond donors (Lipinski definition) is 3. The molecule has 0 saturated carbocycles. The Morgan fingerprint density at radius 1 is 1.30 bits per heavy atom. The topological polar surface area (TPSA) is 69.8 Å². The summed E-state index contributed by atoms with van der Waals surface area (Å²) in [7, 11) is 0. The Morgan fingerprint density at radius 2 is 1.96 bits per heavy atom. The van der Waals surface area contributed by atoms with Gasteiger partial charge in [0, 0.05) is 12.5 Å². The Morgan fingerprint density at radius 3 is 2.57 bits per heavy atom. The maximum atomic E-state index is 12.9. The molecule has 0 saturated heterocycles. The van der Waals surface area contributed by atoms with Crippen molar-refractivity contribution >= 4 is 29.1 Å². The van der Waals surface area contributed by atoms with E-state index in [4.69, 9.17) is 12.2 Å². The van der Waals surface area contributed by atoms with Crippen LogP contribution in [0.4, 0.5) is 10.2 Å². The van der Waals surface area contributed by atoms with E-state index in [1.807, 2.05) is 20.8 Å². The summed E-state index contributed by atoms with van der Waals surface area (Å²) in [4.78, 5) is 11.8. The highest BCUT2D eigenvalue weighted by Gasteiger charge is 2.17. The molecular formula is C16H19FN4OS. The normalized spacial score (nSPS) is 11.1. The molecule has 23 heavy (non-hydrogen) atoms. The predicted molar refractivity (Wildman–Crippen MR) is 92.4 cm³/mol. The predicted octanol–water partition coefficient (Wildman–Crippen LogP) is 3.47. The Balaban J connectivity index is 1.95. The molecule has 1 aromatic carbocycles. The maximum Gasteiger partial charge on any atom is 0.226 e. The first-order valence-electron chi connectivity index (χ1n) is 7.15. The molecule has 0 aliphatic heterocycles. The van der Waals surface area contributed by atoms with E-state index < -0.39 is 0 Å². The lowest BCUT2D eigenvalue weighted by Crippen LogP contribution is -2.36. The third-order valence-corrected chi connectivity index (χ3v) is 3.12. The first-order chi connectivity index (χ1) is 10.7. The number of aromatic amines is 1. The van der Waals surface area contributed by atoms with Crippen molar-refractivity contribution in [2.24, 2.45) is 5.41 Å². The average molecular weight is 334 g/mol. The fourth-order valence-electron chi connectivity index (χ4n) is 1.96. The molecule has 0 spiro atoms. The quantitative estimate of drug-likeness (QED) is 0.752. The molecule has 3 N–H and O–H groups in total. The van der Waals surface area contributed by atoms with E-state index in [1.165, 1.54) is 12.1 Å². The van der Waals surface area contributed by atoms with Crippen LogP contribution in [0.5, 0.6) is 0 Å². The molecule has 122 valence electrons. The summed E-state index contributed by atoms with van der Waals surface area (Å²) in [6, 6.07) is 7.78. The van der Waals surface area contributed by atoms with Crippen LogP contribution < -0.4 is 10.6 Å². The van der Waals surface area contributed by atoms with Gasteiger partial charge in [0.25, 0.3) is 0 Å². The Labute approximate surface area is 139 Å². The second kappa shape index (κ2) is 6.87. The standard InChI is InChI=1S/C16H19FN4OS/c1-16(2,3)9-14(22)19-15(23)18-13-8-12(20-21-13)10-4-6-11(17)7-5-10/h4-8H,9H2,1-3H3,(H3,18,19,20,21,22,23). The van der Waals surface area contributed by atoms with Gasteiger partial charge in [0.15, 0.2) is 10.9 Å². The molecule has 0 radical (unpaired) electrons. The molecule has 0 bridgehead atoms. The highest BCUT2D eigenvalue weighted by Crippen LogP contribution is 2.20. The molecule has 0 unspecified atom stereocenters. The van der Waals surface area contributed by atoms with Crippen molar-refractivity contribution in [1.82, 2.24) is 15.5 Å². The van der Waals surface area contributed by atoms with Gasteiger partial charge >= 0.3 is 0 Å². The lowest BCUT2D eigenvalue weighted by atomic mass is 9.92. The molecule has 2 aromatic rings. The molecule has 5 nitrogen and oxygen atoms in total. The molecule has 2 rings (SSSR count). The van der Waals surface area contributed by atoms with Crippen molar-refractivity contribution in [3.8, 4) is 11.3 Å². The number of carbonyl (C=O) groups is 1. The van der Waals surface area contributed by atoms with Crippen LogP contribution in [-0.4, -0.2) is 21.2 Å². The van der Waals surface area contributed by atoms with Gasteiger partial charge in [-0.1, -0.05) is 20.8 Å². The van der Waals surface area contributed by atoms with Crippen LogP contribution in [0, 0.1) is 11.2 Å². The van der Waals surface area contributed by atoms with Crippen molar-refractivity contribution in [3.63, 3.8) is 0 Å². The number of nitrogens with one attached hydrogen (secondary N) is 3. The molecule has 0 fully saturated rings. The fraction of sp³-hybridized carbons (Fsp3) is 0.312. The first-order valence-corrected chi connectivity index (χ1v) is 7.56. The summed E-state index contributed by atoms with van der Waals surface area (Å²) in [6.45, 7) is 5.93. The van der Waals surface area contributed by atoms with Gasteiger partial charge in [0.1, 0.15) is 5.82 Å². The number of rotatable bonds is 3.